The van der Waals surface area contributed by atoms with Crippen LogP contribution in [0.2, 0.25) is 0 Å². The van der Waals surface area contributed by atoms with Gasteiger partial charge in [-0.2, -0.15) is 0 Å². The fourth-order valence-electron chi connectivity index (χ4n) is 1.26. The van der Waals surface area contributed by atoms with Crippen LogP contribution >= 0.6 is 12.2 Å². The van der Waals surface area contributed by atoms with Gasteiger partial charge in [-0.15, -0.1) is 0 Å². The van der Waals surface area contributed by atoms with Crippen LogP contribution in [0.5, 0.6) is 11.5 Å². The normalized spacial score (nSPS) is 10.9. The van der Waals surface area contributed by atoms with E-state index in [0.717, 1.165) is 0 Å². The van der Waals surface area contributed by atoms with E-state index in [4.69, 9.17) is 32.5 Å². The fraction of sp³-hybridized carbons (Fsp3) is 0.385. The molecule has 0 unspecified atom stereocenters. The first-order valence-corrected chi connectivity index (χ1v) is 6.03. The Balaban J connectivity index is 2.90. The quantitative estimate of drug-likeness (QED) is 0.775. The Morgan fingerprint density at radius 1 is 1.42 bits per heavy atom. The van der Waals surface area contributed by atoms with E-state index in [9.17, 15) is 4.79 Å². The summed E-state index contributed by atoms with van der Waals surface area (Å²) in [5.41, 5.74) is 5.21. The highest BCUT2D eigenvalue weighted by Crippen LogP contribution is 2.29. The summed E-state index contributed by atoms with van der Waals surface area (Å²) in [6.45, 7) is 3.21. The summed E-state index contributed by atoms with van der Waals surface area (Å²) >= 11 is 4.87. The first kappa shape index (κ1) is 15.2. The number of aliphatic carboxylic acids is 1. The van der Waals surface area contributed by atoms with Crippen molar-refractivity contribution < 1.29 is 19.4 Å². The molecule has 0 aliphatic carbocycles. The Labute approximate surface area is 117 Å². The number of thiocarbonyl (C=S) groups is 1. The van der Waals surface area contributed by atoms with Crippen LogP contribution in [0.3, 0.4) is 0 Å². The number of methoxy groups -OCH3 is 1. The van der Waals surface area contributed by atoms with Crippen LogP contribution in [-0.2, 0) is 4.79 Å². The van der Waals surface area contributed by atoms with Crippen molar-refractivity contribution in [1.29, 1.82) is 0 Å². The molecule has 0 fully saturated rings. The SMILES string of the molecule is COc1cc(C(N)=S)ccc1OCC(C)(C)C(=O)O. The lowest BCUT2D eigenvalue weighted by molar-refractivity contribution is -0.148. The van der Waals surface area contributed by atoms with Crippen molar-refractivity contribution in [2.75, 3.05) is 13.7 Å². The summed E-state index contributed by atoms with van der Waals surface area (Å²) in [4.78, 5) is 11.3. The molecule has 0 aliphatic heterocycles. The Bertz CT molecular complexity index is 499. The van der Waals surface area contributed by atoms with Crippen LogP contribution < -0.4 is 15.2 Å². The number of carboxylic acids is 1. The predicted octanol–water partition coefficient (Wildman–Crippen LogP) is 1.82. The predicted molar refractivity (Wildman–Crippen MR) is 75.8 cm³/mol. The highest BCUT2D eigenvalue weighted by atomic mass is 32.1. The first-order valence-electron chi connectivity index (χ1n) is 5.62. The van der Waals surface area contributed by atoms with Gasteiger partial charge in [0.15, 0.2) is 11.5 Å². The highest BCUT2D eigenvalue weighted by Gasteiger charge is 2.28. The van der Waals surface area contributed by atoms with E-state index in [1.54, 1.807) is 32.0 Å². The Kier molecular flexibility index (Phi) is 4.72. The van der Waals surface area contributed by atoms with Gasteiger partial charge in [0.25, 0.3) is 0 Å². The van der Waals surface area contributed by atoms with Gasteiger partial charge in [-0.1, -0.05) is 12.2 Å². The van der Waals surface area contributed by atoms with Crippen LogP contribution in [0.25, 0.3) is 0 Å². The van der Waals surface area contributed by atoms with Gasteiger partial charge >= 0.3 is 5.97 Å². The van der Waals surface area contributed by atoms with Gasteiger partial charge in [0, 0.05) is 5.56 Å². The average Bonchev–Trinajstić information content (AvgIpc) is 2.35. The number of ether oxygens (including phenoxy) is 2. The van der Waals surface area contributed by atoms with Crippen molar-refractivity contribution in [3.8, 4) is 11.5 Å². The lowest BCUT2D eigenvalue weighted by Gasteiger charge is -2.20. The van der Waals surface area contributed by atoms with E-state index in [1.807, 2.05) is 0 Å². The smallest absolute Gasteiger partial charge is 0.312 e. The van der Waals surface area contributed by atoms with Crippen molar-refractivity contribution in [3.05, 3.63) is 23.8 Å². The molecule has 0 aromatic heterocycles. The molecule has 1 aromatic rings. The zero-order valence-electron chi connectivity index (χ0n) is 11.1. The summed E-state index contributed by atoms with van der Waals surface area (Å²) in [6.07, 6.45) is 0. The molecular formula is C13H17NO4S. The molecule has 0 aliphatic rings. The highest BCUT2D eigenvalue weighted by molar-refractivity contribution is 7.80. The van der Waals surface area contributed by atoms with E-state index >= 15 is 0 Å². The van der Waals surface area contributed by atoms with Gasteiger partial charge in [0.1, 0.15) is 11.6 Å². The summed E-state index contributed by atoms with van der Waals surface area (Å²) in [5, 5.41) is 9.02. The summed E-state index contributed by atoms with van der Waals surface area (Å²) in [5.74, 6) is -0.00506. The molecule has 0 spiro atoms. The second kappa shape index (κ2) is 5.88. The van der Waals surface area contributed by atoms with Gasteiger partial charge in [0.05, 0.1) is 12.5 Å². The van der Waals surface area contributed by atoms with Crippen LogP contribution in [0.15, 0.2) is 18.2 Å². The minimum atomic E-state index is -0.979. The topological polar surface area (TPSA) is 81.8 Å². The minimum Gasteiger partial charge on any atom is -0.493 e. The van der Waals surface area contributed by atoms with E-state index in [0.29, 0.717) is 17.1 Å². The van der Waals surface area contributed by atoms with E-state index in [1.165, 1.54) is 7.11 Å². The zero-order valence-corrected chi connectivity index (χ0v) is 11.9. The molecule has 6 heteroatoms. The van der Waals surface area contributed by atoms with Crippen molar-refractivity contribution >= 4 is 23.2 Å². The number of hydrogen-bond donors (Lipinski definition) is 2. The zero-order chi connectivity index (χ0) is 14.6. The summed E-state index contributed by atoms with van der Waals surface area (Å²) in [6, 6.07) is 5.02. The van der Waals surface area contributed by atoms with Gasteiger partial charge in [-0.25, -0.2) is 0 Å². The summed E-state index contributed by atoms with van der Waals surface area (Å²) < 4.78 is 10.7. The van der Waals surface area contributed by atoms with Crippen molar-refractivity contribution in [3.63, 3.8) is 0 Å². The van der Waals surface area contributed by atoms with Gasteiger partial charge < -0.3 is 20.3 Å². The molecule has 0 atom stereocenters. The first-order chi connectivity index (χ1) is 8.77. The van der Waals surface area contributed by atoms with Crippen LogP contribution in [0.1, 0.15) is 19.4 Å². The van der Waals surface area contributed by atoms with Gasteiger partial charge in [-0.3, -0.25) is 4.79 Å². The molecule has 3 N–H and O–H groups in total. The maximum atomic E-state index is 11.0. The molecule has 1 rings (SSSR count). The third kappa shape index (κ3) is 3.82. The number of carboxylic acid groups (broad SMARTS) is 1. The second-order valence-electron chi connectivity index (χ2n) is 4.71. The molecule has 0 saturated heterocycles. The maximum absolute atomic E-state index is 11.0. The summed E-state index contributed by atoms with van der Waals surface area (Å²) in [7, 11) is 1.49. The van der Waals surface area contributed by atoms with Gasteiger partial charge in [-0.05, 0) is 32.0 Å². The van der Waals surface area contributed by atoms with Gasteiger partial charge in [0.2, 0.25) is 0 Å². The van der Waals surface area contributed by atoms with Crippen LogP contribution in [-0.4, -0.2) is 29.8 Å². The van der Waals surface area contributed by atoms with Crippen molar-refractivity contribution in [2.24, 2.45) is 11.1 Å². The average molecular weight is 283 g/mol. The second-order valence-corrected chi connectivity index (χ2v) is 5.15. The molecule has 104 valence electrons. The molecule has 0 amide bonds. The van der Waals surface area contributed by atoms with E-state index in [-0.39, 0.29) is 11.6 Å². The number of rotatable bonds is 6. The van der Waals surface area contributed by atoms with E-state index in [2.05, 4.69) is 0 Å². The number of hydrogen-bond acceptors (Lipinski definition) is 4. The molecule has 0 heterocycles. The molecule has 19 heavy (non-hydrogen) atoms. The Morgan fingerprint density at radius 3 is 2.53 bits per heavy atom. The molecule has 0 saturated carbocycles. The number of nitrogens with two attached hydrogens (primary N) is 1. The standard InChI is InChI=1S/C13H17NO4S/c1-13(2,12(15)16)7-18-9-5-4-8(11(14)19)6-10(9)17-3/h4-6H,7H2,1-3H3,(H2,14,19)(H,15,16). The fourth-order valence-corrected chi connectivity index (χ4v) is 1.39. The maximum Gasteiger partial charge on any atom is 0.312 e. The number of carbonyl (C=O) groups is 1. The molecule has 0 bridgehead atoms. The largest absolute Gasteiger partial charge is 0.493 e. The molecule has 1 aromatic carbocycles. The lowest BCUT2D eigenvalue weighted by Crippen LogP contribution is -2.30. The molecule has 5 nitrogen and oxygen atoms in total. The van der Waals surface area contributed by atoms with Crippen molar-refractivity contribution in [2.45, 2.75) is 13.8 Å². The van der Waals surface area contributed by atoms with Crippen LogP contribution in [0, 0.1) is 5.41 Å². The third-order valence-corrected chi connectivity index (χ3v) is 2.85. The third-order valence-electron chi connectivity index (χ3n) is 2.62. The van der Waals surface area contributed by atoms with Crippen molar-refractivity contribution in [1.82, 2.24) is 0 Å². The minimum absolute atomic E-state index is 0.0328. The number of benzene rings is 1. The van der Waals surface area contributed by atoms with E-state index < -0.39 is 11.4 Å². The van der Waals surface area contributed by atoms with Crippen LogP contribution in [0.4, 0.5) is 0 Å². The monoisotopic (exact) mass is 283 g/mol. The Hall–Kier alpha value is -1.82. The Morgan fingerprint density at radius 2 is 2.05 bits per heavy atom. The lowest BCUT2D eigenvalue weighted by atomic mass is 9.95. The molecule has 0 radical (unpaired) electrons. The molecular weight excluding hydrogens is 266 g/mol.